The Labute approximate surface area is 118 Å². The molecule has 0 aliphatic heterocycles. The number of pyridine rings is 1. The van der Waals surface area contributed by atoms with Crippen molar-refractivity contribution in [3.8, 4) is 0 Å². The first kappa shape index (κ1) is 14.5. The average molecular weight is 260 g/mol. The van der Waals surface area contributed by atoms with Crippen molar-refractivity contribution in [2.45, 2.75) is 72.9 Å². The van der Waals surface area contributed by atoms with E-state index >= 15 is 0 Å². The maximum atomic E-state index is 4.62. The molecule has 2 rings (SSSR count). The van der Waals surface area contributed by atoms with Crippen LogP contribution in [0.25, 0.3) is 0 Å². The van der Waals surface area contributed by atoms with Crippen molar-refractivity contribution < 1.29 is 0 Å². The fourth-order valence-corrected chi connectivity index (χ4v) is 3.70. The molecule has 2 nitrogen and oxygen atoms in total. The van der Waals surface area contributed by atoms with Gasteiger partial charge in [-0.25, -0.2) is 0 Å². The Morgan fingerprint density at radius 3 is 2.53 bits per heavy atom. The van der Waals surface area contributed by atoms with Gasteiger partial charge in [0.1, 0.15) is 0 Å². The van der Waals surface area contributed by atoms with Crippen LogP contribution in [0.3, 0.4) is 0 Å². The molecule has 1 aromatic rings. The summed E-state index contributed by atoms with van der Waals surface area (Å²) in [6, 6.07) is 3.25. The molecule has 0 amide bonds. The molecule has 0 saturated heterocycles. The Hall–Kier alpha value is -0.890. The van der Waals surface area contributed by atoms with Gasteiger partial charge < -0.3 is 5.32 Å². The minimum atomic E-state index is 0.395. The lowest BCUT2D eigenvalue weighted by Crippen LogP contribution is -2.31. The van der Waals surface area contributed by atoms with Crippen molar-refractivity contribution in [2.75, 3.05) is 0 Å². The summed E-state index contributed by atoms with van der Waals surface area (Å²) >= 11 is 0. The molecule has 1 aromatic heterocycles. The summed E-state index contributed by atoms with van der Waals surface area (Å²) in [4.78, 5) is 4.62. The number of rotatable bonds is 3. The molecule has 1 aliphatic carbocycles. The van der Waals surface area contributed by atoms with E-state index in [-0.39, 0.29) is 0 Å². The number of nitrogens with zero attached hydrogens (tertiary/aromatic N) is 1. The Morgan fingerprint density at radius 1 is 1.32 bits per heavy atom. The first-order valence-corrected chi connectivity index (χ1v) is 7.49. The number of aromatic nitrogens is 1. The second-order valence-corrected chi connectivity index (χ2v) is 7.07. The first-order chi connectivity index (χ1) is 8.78. The second kappa shape index (κ2) is 5.24. The molecule has 19 heavy (non-hydrogen) atoms. The van der Waals surface area contributed by atoms with Crippen LogP contribution in [0.5, 0.6) is 0 Å². The van der Waals surface area contributed by atoms with Crippen LogP contribution in [0.15, 0.2) is 6.07 Å². The minimum absolute atomic E-state index is 0.395. The average Bonchev–Trinajstić information content (AvgIpc) is 2.56. The standard InChI is InChI=1S/C17H28N2/c1-11-9-12(2)18-13(3)16(11)14(4)19-15-7-8-17(5,6)10-15/h9,14-15,19H,7-8,10H2,1-6H3. The third-order valence-corrected chi connectivity index (χ3v) is 4.47. The molecular weight excluding hydrogens is 232 g/mol. The van der Waals surface area contributed by atoms with Crippen molar-refractivity contribution in [2.24, 2.45) is 5.41 Å². The highest BCUT2D eigenvalue weighted by Gasteiger charge is 2.31. The van der Waals surface area contributed by atoms with Gasteiger partial charge in [-0.3, -0.25) is 4.98 Å². The Balaban J connectivity index is 2.11. The van der Waals surface area contributed by atoms with E-state index in [9.17, 15) is 0 Å². The maximum absolute atomic E-state index is 4.62. The molecule has 1 N–H and O–H groups in total. The molecule has 0 aromatic carbocycles. The van der Waals surface area contributed by atoms with Gasteiger partial charge in [-0.1, -0.05) is 13.8 Å². The summed E-state index contributed by atoms with van der Waals surface area (Å²) in [6.45, 7) is 13.4. The normalized spacial score (nSPS) is 23.6. The molecular formula is C17H28N2. The molecule has 0 bridgehead atoms. The topological polar surface area (TPSA) is 24.9 Å². The van der Waals surface area contributed by atoms with Crippen LogP contribution in [0.4, 0.5) is 0 Å². The van der Waals surface area contributed by atoms with E-state index in [1.165, 1.54) is 36.1 Å². The van der Waals surface area contributed by atoms with Gasteiger partial charge in [0.15, 0.2) is 0 Å². The van der Waals surface area contributed by atoms with E-state index in [4.69, 9.17) is 0 Å². The molecule has 2 unspecified atom stereocenters. The van der Waals surface area contributed by atoms with Crippen molar-refractivity contribution in [3.05, 3.63) is 28.6 Å². The molecule has 1 fully saturated rings. The summed E-state index contributed by atoms with van der Waals surface area (Å²) in [5.41, 5.74) is 5.55. The monoisotopic (exact) mass is 260 g/mol. The largest absolute Gasteiger partial charge is 0.307 e. The van der Waals surface area contributed by atoms with Gasteiger partial charge in [0, 0.05) is 23.5 Å². The molecule has 2 atom stereocenters. The lowest BCUT2D eigenvalue weighted by molar-refractivity contribution is 0.356. The predicted octanol–water partition coefficient (Wildman–Crippen LogP) is 4.24. The highest BCUT2D eigenvalue weighted by Crippen LogP contribution is 2.38. The highest BCUT2D eigenvalue weighted by atomic mass is 15.0. The Morgan fingerprint density at radius 2 is 2.00 bits per heavy atom. The zero-order valence-electron chi connectivity index (χ0n) is 13.3. The van der Waals surface area contributed by atoms with Gasteiger partial charge in [-0.15, -0.1) is 0 Å². The summed E-state index contributed by atoms with van der Waals surface area (Å²) in [5, 5.41) is 3.81. The van der Waals surface area contributed by atoms with Gasteiger partial charge in [0.25, 0.3) is 0 Å². The van der Waals surface area contributed by atoms with Crippen molar-refractivity contribution in [1.29, 1.82) is 0 Å². The van der Waals surface area contributed by atoms with Gasteiger partial charge in [0.05, 0.1) is 0 Å². The Kier molecular flexibility index (Phi) is 4.00. The van der Waals surface area contributed by atoms with Crippen LogP contribution in [-0.2, 0) is 0 Å². The van der Waals surface area contributed by atoms with Crippen molar-refractivity contribution >= 4 is 0 Å². The smallest absolute Gasteiger partial charge is 0.0426 e. The SMILES string of the molecule is Cc1cc(C)c(C(C)NC2CCC(C)(C)C2)c(C)n1. The van der Waals surface area contributed by atoms with Crippen LogP contribution in [0.1, 0.15) is 68.6 Å². The second-order valence-electron chi connectivity index (χ2n) is 7.07. The molecule has 1 aliphatic rings. The lowest BCUT2D eigenvalue weighted by atomic mass is 9.91. The zero-order valence-corrected chi connectivity index (χ0v) is 13.3. The molecule has 1 saturated carbocycles. The number of nitrogens with one attached hydrogen (secondary N) is 1. The molecule has 0 radical (unpaired) electrons. The summed E-state index contributed by atoms with van der Waals surface area (Å²) in [5.74, 6) is 0. The van der Waals surface area contributed by atoms with E-state index in [1.807, 2.05) is 0 Å². The number of hydrogen-bond donors (Lipinski definition) is 1. The Bertz CT molecular complexity index is 439. The van der Waals surface area contributed by atoms with Crippen LogP contribution >= 0.6 is 0 Å². The van der Waals surface area contributed by atoms with E-state index in [2.05, 4.69) is 57.9 Å². The quantitative estimate of drug-likeness (QED) is 0.879. The third-order valence-electron chi connectivity index (χ3n) is 4.47. The van der Waals surface area contributed by atoms with Crippen LogP contribution in [0, 0.1) is 26.2 Å². The van der Waals surface area contributed by atoms with Gasteiger partial charge in [0.2, 0.25) is 0 Å². The minimum Gasteiger partial charge on any atom is -0.307 e. The summed E-state index contributed by atoms with van der Waals surface area (Å²) in [6.07, 6.45) is 3.92. The molecule has 0 spiro atoms. The molecule has 106 valence electrons. The van der Waals surface area contributed by atoms with E-state index in [1.54, 1.807) is 0 Å². The van der Waals surface area contributed by atoms with Gasteiger partial charge in [-0.2, -0.15) is 0 Å². The number of hydrogen-bond acceptors (Lipinski definition) is 2. The summed E-state index contributed by atoms with van der Waals surface area (Å²) in [7, 11) is 0. The van der Waals surface area contributed by atoms with Crippen LogP contribution in [0.2, 0.25) is 0 Å². The maximum Gasteiger partial charge on any atom is 0.0426 e. The van der Waals surface area contributed by atoms with Crippen molar-refractivity contribution in [1.82, 2.24) is 10.3 Å². The van der Waals surface area contributed by atoms with E-state index in [0.717, 1.165) is 5.69 Å². The third kappa shape index (κ3) is 3.36. The fraction of sp³-hybridized carbons (Fsp3) is 0.706. The lowest BCUT2D eigenvalue weighted by Gasteiger charge is -2.24. The highest BCUT2D eigenvalue weighted by molar-refractivity contribution is 5.33. The van der Waals surface area contributed by atoms with Gasteiger partial charge in [-0.05, 0) is 69.6 Å². The predicted molar refractivity (Wildman–Crippen MR) is 81.4 cm³/mol. The van der Waals surface area contributed by atoms with Crippen molar-refractivity contribution in [3.63, 3.8) is 0 Å². The van der Waals surface area contributed by atoms with E-state index in [0.29, 0.717) is 17.5 Å². The van der Waals surface area contributed by atoms with Gasteiger partial charge >= 0.3 is 0 Å². The molecule has 2 heteroatoms. The van der Waals surface area contributed by atoms with Crippen LogP contribution in [-0.4, -0.2) is 11.0 Å². The number of aryl methyl sites for hydroxylation is 3. The zero-order chi connectivity index (χ0) is 14.2. The first-order valence-electron chi connectivity index (χ1n) is 7.49. The molecule has 1 heterocycles. The van der Waals surface area contributed by atoms with E-state index < -0.39 is 0 Å². The fourth-order valence-electron chi connectivity index (χ4n) is 3.70. The van der Waals surface area contributed by atoms with Crippen LogP contribution < -0.4 is 5.32 Å². The summed E-state index contributed by atoms with van der Waals surface area (Å²) < 4.78 is 0.